The fourth-order valence-electron chi connectivity index (χ4n) is 1.87. The molecule has 0 aliphatic carbocycles. The summed E-state index contributed by atoms with van der Waals surface area (Å²) in [6, 6.07) is 7.63. The van der Waals surface area contributed by atoms with Gasteiger partial charge in [0.05, 0.1) is 6.54 Å². The number of unbranched alkanes of at least 4 members (excludes halogenated alkanes) is 1. The number of nitrogens with one attached hydrogen (secondary N) is 2. The summed E-state index contributed by atoms with van der Waals surface area (Å²) in [6.45, 7) is 3.59. The number of halogens is 2. The molecule has 0 unspecified atom stereocenters. The molecule has 1 aromatic carbocycles. The highest BCUT2D eigenvalue weighted by atomic mass is 35.5. The summed E-state index contributed by atoms with van der Waals surface area (Å²) in [4.78, 5) is 0. The summed E-state index contributed by atoms with van der Waals surface area (Å²) in [5, 5.41) is 12.3. The van der Waals surface area contributed by atoms with E-state index < -0.39 is 0 Å². The zero-order valence-electron chi connectivity index (χ0n) is 12.3. The predicted octanol–water partition coefficient (Wildman–Crippen LogP) is 4.32. The molecule has 1 aromatic heterocycles. The van der Waals surface area contributed by atoms with Gasteiger partial charge in [0.25, 0.3) is 0 Å². The number of aromatic nitrogens is 2. The Balaban J connectivity index is 1.95. The number of benzene rings is 1. The second kappa shape index (κ2) is 8.36. The lowest BCUT2D eigenvalue weighted by molar-refractivity contribution is 0.689. The van der Waals surface area contributed by atoms with Crippen LogP contribution in [0.5, 0.6) is 0 Å². The Hall–Kier alpha value is -1.30. The Morgan fingerprint density at radius 2 is 2.00 bits per heavy atom. The minimum absolute atomic E-state index is 0.534. The maximum Gasteiger partial charge on any atom is 0.173 e. The number of rotatable bonds is 6. The number of hydrogen-bond acceptors (Lipinski definition) is 2. The minimum atomic E-state index is 0.534. The average molecular weight is 357 g/mol. The van der Waals surface area contributed by atoms with E-state index in [0.29, 0.717) is 27.5 Å². The average Bonchev–Trinajstić information content (AvgIpc) is 2.81. The minimum Gasteiger partial charge on any atom is -0.362 e. The fourth-order valence-corrected chi connectivity index (χ4v) is 2.39. The van der Waals surface area contributed by atoms with Crippen LogP contribution in [0.1, 0.15) is 25.3 Å². The summed E-state index contributed by atoms with van der Waals surface area (Å²) in [6.07, 6.45) is 3.96. The summed E-state index contributed by atoms with van der Waals surface area (Å²) in [7, 11) is 0. The van der Waals surface area contributed by atoms with E-state index in [1.807, 2.05) is 24.3 Å². The molecule has 118 valence electrons. The van der Waals surface area contributed by atoms with Crippen LogP contribution in [0.2, 0.25) is 10.0 Å². The molecule has 0 aliphatic rings. The van der Waals surface area contributed by atoms with Gasteiger partial charge in [-0.1, -0.05) is 48.7 Å². The van der Waals surface area contributed by atoms with E-state index in [1.165, 1.54) is 0 Å². The highest BCUT2D eigenvalue weighted by Gasteiger charge is 2.08. The van der Waals surface area contributed by atoms with Crippen molar-refractivity contribution in [1.82, 2.24) is 15.1 Å². The maximum atomic E-state index is 6.19. The molecule has 2 N–H and O–H groups in total. The van der Waals surface area contributed by atoms with Crippen molar-refractivity contribution in [3.8, 4) is 0 Å². The van der Waals surface area contributed by atoms with Crippen molar-refractivity contribution in [2.45, 2.75) is 26.3 Å². The third-order valence-electron chi connectivity index (χ3n) is 3.02. The molecule has 0 saturated carbocycles. The lowest BCUT2D eigenvalue weighted by Gasteiger charge is -2.08. The van der Waals surface area contributed by atoms with Gasteiger partial charge in [-0.05, 0) is 36.3 Å². The molecule has 4 nitrogen and oxygen atoms in total. The van der Waals surface area contributed by atoms with Crippen molar-refractivity contribution in [2.75, 3.05) is 11.9 Å². The summed E-state index contributed by atoms with van der Waals surface area (Å²) < 4.78 is 1.77. The van der Waals surface area contributed by atoms with Gasteiger partial charge in [0.2, 0.25) is 0 Å². The van der Waals surface area contributed by atoms with E-state index in [-0.39, 0.29) is 0 Å². The summed E-state index contributed by atoms with van der Waals surface area (Å²) in [5.74, 6) is 0.560. The zero-order chi connectivity index (χ0) is 15.9. The molecular weight excluding hydrogens is 339 g/mol. The van der Waals surface area contributed by atoms with Gasteiger partial charge in [-0.25, -0.2) is 0 Å². The Morgan fingerprint density at radius 3 is 2.68 bits per heavy atom. The predicted molar refractivity (Wildman–Crippen MR) is 96.9 cm³/mol. The lowest BCUT2D eigenvalue weighted by atomic mass is 10.2. The molecule has 0 spiro atoms. The van der Waals surface area contributed by atoms with Crippen molar-refractivity contribution in [2.24, 2.45) is 0 Å². The van der Waals surface area contributed by atoms with Crippen molar-refractivity contribution in [1.29, 1.82) is 0 Å². The molecule has 0 aliphatic heterocycles. The number of thiocarbonyl (C=S) groups is 1. The van der Waals surface area contributed by atoms with E-state index in [2.05, 4.69) is 22.7 Å². The van der Waals surface area contributed by atoms with Crippen LogP contribution in [0.4, 0.5) is 5.82 Å². The van der Waals surface area contributed by atoms with E-state index in [1.54, 1.807) is 10.9 Å². The van der Waals surface area contributed by atoms with Gasteiger partial charge in [0.15, 0.2) is 10.9 Å². The fraction of sp³-hybridized carbons (Fsp3) is 0.333. The van der Waals surface area contributed by atoms with Crippen LogP contribution in [0.25, 0.3) is 0 Å². The molecule has 7 heteroatoms. The van der Waals surface area contributed by atoms with Crippen molar-refractivity contribution < 1.29 is 0 Å². The quantitative estimate of drug-likeness (QED) is 0.597. The standard InChI is InChI=1S/C15H18Cl2N4S/c1-2-3-8-18-15(22)19-14-13(17)10-21(20-14)9-11-4-6-12(16)7-5-11/h4-7,10H,2-3,8-9H2,1H3,(H2,18,19,20,22). The van der Waals surface area contributed by atoms with Crippen molar-refractivity contribution in [3.63, 3.8) is 0 Å². The number of nitrogens with zero attached hydrogens (tertiary/aromatic N) is 2. The molecule has 0 saturated heterocycles. The molecule has 0 radical (unpaired) electrons. The third kappa shape index (κ3) is 5.16. The van der Waals surface area contributed by atoms with Gasteiger partial charge in [-0.15, -0.1) is 0 Å². The maximum absolute atomic E-state index is 6.19. The molecule has 0 amide bonds. The van der Waals surface area contributed by atoms with Gasteiger partial charge in [-0.2, -0.15) is 5.10 Å². The van der Waals surface area contributed by atoms with Crippen LogP contribution in [-0.2, 0) is 6.54 Å². The molecule has 0 bridgehead atoms. The summed E-state index contributed by atoms with van der Waals surface area (Å²) >= 11 is 17.3. The largest absolute Gasteiger partial charge is 0.362 e. The monoisotopic (exact) mass is 356 g/mol. The highest BCUT2D eigenvalue weighted by Crippen LogP contribution is 2.20. The van der Waals surface area contributed by atoms with Gasteiger partial charge in [0.1, 0.15) is 5.02 Å². The van der Waals surface area contributed by atoms with Crippen LogP contribution in [-0.4, -0.2) is 21.4 Å². The van der Waals surface area contributed by atoms with Crippen LogP contribution in [0.15, 0.2) is 30.5 Å². The van der Waals surface area contributed by atoms with Crippen LogP contribution in [0, 0.1) is 0 Å². The second-order valence-electron chi connectivity index (χ2n) is 4.88. The Bertz CT molecular complexity index is 625. The van der Waals surface area contributed by atoms with Gasteiger partial charge in [0, 0.05) is 17.8 Å². The topological polar surface area (TPSA) is 41.9 Å². The van der Waals surface area contributed by atoms with Gasteiger partial charge in [-0.3, -0.25) is 4.68 Å². The lowest BCUT2D eigenvalue weighted by Crippen LogP contribution is -2.29. The van der Waals surface area contributed by atoms with E-state index in [4.69, 9.17) is 35.4 Å². The van der Waals surface area contributed by atoms with E-state index in [9.17, 15) is 0 Å². The smallest absolute Gasteiger partial charge is 0.173 e. The SMILES string of the molecule is CCCCNC(=S)Nc1nn(Cc2ccc(Cl)cc2)cc1Cl. The Morgan fingerprint density at radius 1 is 1.27 bits per heavy atom. The first-order valence-electron chi connectivity index (χ1n) is 7.10. The molecule has 2 rings (SSSR count). The Labute approximate surface area is 145 Å². The van der Waals surface area contributed by atoms with E-state index in [0.717, 1.165) is 24.9 Å². The highest BCUT2D eigenvalue weighted by molar-refractivity contribution is 7.80. The van der Waals surface area contributed by atoms with Gasteiger partial charge < -0.3 is 10.6 Å². The molecule has 1 heterocycles. The normalized spacial score (nSPS) is 10.5. The molecule has 22 heavy (non-hydrogen) atoms. The molecule has 2 aromatic rings. The summed E-state index contributed by atoms with van der Waals surface area (Å²) in [5.41, 5.74) is 1.10. The first kappa shape index (κ1) is 17.1. The molecule has 0 atom stereocenters. The first-order chi connectivity index (χ1) is 10.6. The van der Waals surface area contributed by atoms with Crippen LogP contribution in [0.3, 0.4) is 0 Å². The third-order valence-corrected chi connectivity index (χ3v) is 3.80. The van der Waals surface area contributed by atoms with Crippen molar-refractivity contribution in [3.05, 3.63) is 46.1 Å². The van der Waals surface area contributed by atoms with Crippen molar-refractivity contribution >= 4 is 46.4 Å². The first-order valence-corrected chi connectivity index (χ1v) is 8.27. The number of anilines is 1. The van der Waals surface area contributed by atoms with Gasteiger partial charge >= 0.3 is 0 Å². The second-order valence-corrected chi connectivity index (χ2v) is 6.14. The Kier molecular flexibility index (Phi) is 6.49. The van der Waals surface area contributed by atoms with Crippen LogP contribution < -0.4 is 10.6 Å². The van der Waals surface area contributed by atoms with Crippen LogP contribution >= 0.6 is 35.4 Å². The number of hydrogen-bond donors (Lipinski definition) is 2. The van der Waals surface area contributed by atoms with E-state index >= 15 is 0 Å². The molecule has 0 fully saturated rings. The zero-order valence-corrected chi connectivity index (χ0v) is 14.6. The molecular formula is C15H18Cl2N4S.